The van der Waals surface area contributed by atoms with Crippen LogP contribution in [0.5, 0.6) is 0 Å². The Morgan fingerprint density at radius 1 is 0.667 bits per heavy atom. The van der Waals surface area contributed by atoms with Crippen molar-refractivity contribution in [1.29, 1.82) is 0 Å². The molecular weight excluding hydrogens is 554 g/mol. The van der Waals surface area contributed by atoms with E-state index in [1.54, 1.807) is 12.1 Å². The molecule has 0 saturated carbocycles. The summed E-state index contributed by atoms with van der Waals surface area (Å²) in [5.74, 6) is -2.60. The van der Waals surface area contributed by atoms with Gasteiger partial charge in [-0.15, -0.1) is 0 Å². The van der Waals surface area contributed by atoms with Crippen LogP contribution in [0, 0.1) is 0 Å². The summed E-state index contributed by atoms with van der Waals surface area (Å²) in [5.41, 5.74) is 1.12. The molecule has 0 radical (unpaired) electrons. The molecule has 1 N–H and O–H groups in total. The summed E-state index contributed by atoms with van der Waals surface area (Å²) in [7, 11) is 0. The Kier molecular flexibility index (Phi) is 10.6. The van der Waals surface area contributed by atoms with Crippen molar-refractivity contribution in [3.63, 3.8) is 0 Å². The van der Waals surface area contributed by atoms with Crippen LogP contribution in [0.1, 0.15) is 57.4 Å². The molecule has 0 aliphatic rings. The van der Waals surface area contributed by atoms with Gasteiger partial charge < -0.3 is 0 Å². The molecule has 0 aliphatic carbocycles. The summed E-state index contributed by atoms with van der Waals surface area (Å²) in [6.07, 6.45) is 0. The second-order valence-corrected chi connectivity index (χ2v) is 9.85. The molecule has 36 heavy (non-hydrogen) atoms. The highest BCUT2D eigenvalue weighted by Gasteiger charge is 2.22. The largest absolute Gasteiger partial charge is 0.387 e. The number of benzene rings is 3. The maximum Gasteiger partial charge on any atom is 0.387 e. The van der Waals surface area contributed by atoms with E-state index in [0.717, 1.165) is 5.56 Å². The molecule has 190 valence electrons. The van der Waals surface area contributed by atoms with Crippen molar-refractivity contribution in [2.75, 3.05) is 0 Å². The molecule has 11 heteroatoms. The van der Waals surface area contributed by atoms with Crippen LogP contribution in [-0.4, -0.2) is 23.2 Å². The van der Waals surface area contributed by atoms with Crippen LogP contribution in [0.4, 0.5) is 0 Å². The van der Waals surface area contributed by atoms with Crippen LogP contribution >= 0.6 is 46.4 Å². The van der Waals surface area contributed by atoms with E-state index in [2.05, 4.69) is 14.7 Å². The lowest BCUT2D eigenvalue weighted by atomic mass is 9.84. The lowest BCUT2D eigenvalue weighted by molar-refractivity contribution is -0.187. The summed E-state index contributed by atoms with van der Waals surface area (Å²) in [5, 5.41) is 9.17. The van der Waals surface area contributed by atoms with Crippen molar-refractivity contribution < 1.29 is 34.3 Å². The van der Waals surface area contributed by atoms with Crippen molar-refractivity contribution in [2.45, 2.75) is 26.2 Å². The topological polar surface area (TPSA) is 99.1 Å². The fourth-order valence-electron chi connectivity index (χ4n) is 2.84. The highest BCUT2D eigenvalue weighted by Crippen LogP contribution is 2.26. The van der Waals surface area contributed by atoms with E-state index in [-0.39, 0.29) is 26.6 Å². The molecule has 0 spiro atoms. The first-order valence-corrected chi connectivity index (χ1v) is 11.6. The molecule has 7 nitrogen and oxygen atoms in total. The Labute approximate surface area is 227 Å². The first kappa shape index (κ1) is 29.4. The monoisotopic (exact) mass is 572 g/mol. The Bertz CT molecular complexity index is 1210. The van der Waals surface area contributed by atoms with Crippen LogP contribution in [0.15, 0.2) is 60.7 Å². The number of hydrogen-bond acceptors (Lipinski definition) is 7. The van der Waals surface area contributed by atoms with E-state index in [0.29, 0.717) is 15.6 Å². The SMILES string of the molecule is CC(C)(C)c1ccccc1C(=O)OO.O=C(OOC(=O)c1ccc(Cl)cc1Cl)c1ccc(Cl)cc1Cl. The van der Waals surface area contributed by atoms with E-state index >= 15 is 0 Å². The molecule has 3 aromatic carbocycles. The van der Waals surface area contributed by atoms with Gasteiger partial charge in [0.2, 0.25) is 0 Å². The smallest absolute Gasteiger partial charge is 0.295 e. The average molecular weight is 574 g/mol. The van der Waals surface area contributed by atoms with Gasteiger partial charge in [0.1, 0.15) is 0 Å². The minimum atomic E-state index is -0.944. The van der Waals surface area contributed by atoms with Gasteiger partial charge in [-0.2, -0.15) is 5.26 Å². The molecular formula is C25H20Cl4O7. The lowest BCUT2D eigenvalue weighted by Gasteiger charge is -2.21. The molecule has 0 amide bonds. The number of carbonyl (C=O) groups is 3. The lowest BCUT2D eigenvalue weighted by Crippen LogP contribution is -2.17. The Hall–Kier alpha value is -2.81. The van der Waals surface area contributed by atoms with Crippen molar-refractivity contribution in [2.24, 2.45) is 0 Å². The molecule has 0 aromatic heterocycles. The third kappa shape index (κ3) is 8.11. The third-order valence-corrected chi connectivity index (χ3v) is 5.63. The van der Waals surface area contributed by atoms with Gasteiger partial charge in [-0.05, 0) is 53.4 Å². The van der Waals surface area contributed by atoms with Gasteiger partial charge in [-0.3, -0.25) is 4.89 Å². The van der Waals surface area contributed by atoms with Crippen LogP contribution < -0.4 is 0 Å². The van der Waals surface area contributed by atoms with E-state index < -0.39 is 17.9 Å². The average Bonchev–Trinajstić information content (AvgIpc) is 2.81. The normalized spacial score (nSPS) is 10.6. The predicted octanol–water partition coefficient (Wildman–Crippen LogP) is 7.84. The molecule has 3 rings (SSSR count). The Morgan fingerprint density at radius 3 is 1.50 bits per heavy atom. The number of hydrogen-bond donors (Lipinski definition) is 1. The minimum Gasteiger partial charge on any atom is -0.295 e. The van der Waals surface area contributed by atoms with Crippen LogP contribution in [0.2, 0.25) is 20.1 Å². The third-order valence-electron chi connectivity index (χ3n) is 4.53. The first-order valence-electron chi connectivity index (χ1n) is 10.1. The molecule has 0 aliphatic heterocycles. The molecule has 0 bridgehead atoms. The molecule has 0 fully saturated rings. The Morgan fingerprint density at radius 2 is 1.11 bits per heavy atom. The van der Waals surface area contributed by atoms with Gasteiger partial charge in [-0.25, -0.2) is 24.2 Å². The second-order valence-electron chi connectivity index (χ2n) is 8.16. The van der Waals surface area contributed by atoms with Crippen molar-refractivity contribution in [3.05, 3.63) is 103 Å². The molecule has 0 unspecified atom stereocenters. The standard InChI is InChI=1S/C14H6Cl4O4.C11H14O3/c15-7-1-3-9(11(17)5-7)13(19)21-22-14(20)10-4-2-8(16)6-12(10)18;1-11(2,3)9-7-5-4-6-8(9)10(12)14-13/h1-6H;4-7,13H,1-3H3. The quantitative estimate of drug-likeness (QED) is 0.251. The van der Waals surface area contributed by atoms with E-state index in [1.807, 2.05) is 32.9 Å². The summed E-state index contributed by atoms with van der Waals surface area (Å²) in [4.78, 5) is 47.4. The summed E-state index contributed by atoms with van der Waals surface area (Å²) in [6, 6.07) is 15.4. The zero-order valence-corrected chi connectivity index (χ0v) is 22.2. The zero-order valence-electron chi connectivity index (χ0n) is 19.2. The zero-order chi connectivity index (χ0) is 27.0. The summed E-state index contributed by atoms with van der Waals surface area (Å²) in [6.45, 7) is 5.99. The fraction of sp³-hybridized carbons (Fsp3) is 0.160. The highest BCUT2D eigenvalue weighted by atomic mass is 35.5. The first-order chi connectivity index (χ1) is 16.8. The predicted molar refractivity (Wildman–Crippen MR) is 137 cm³/mol. The van der Waals surface area contributed by atoms with E-state index in [9.17, 15) is 14.4 Å². The van der Waals surface area contributed by atoms with E-state index in [4.69, 9.17) is 51.7 Å². The van der Waals surface area contributed by atoms with Crippen LogP contribution in [0.3, 0.4) is 0 Å². The number of rotatable bonds is 3. The van der Waals surface area contributed by atoms with Crippen LogP contribution in [-0.2, 0) is 20.1 Å². The highest BCUT2D eigenvalue weighted by molar-refractivity contribution is 6.37. The second kappa shape index (κ2) is 12.9. The van der Waals surface area contributed by atoms with Crippen molar-refractivity contribution in [3.8, 4) is 0 Å². The molecule has 3 aromatic rings. The van der Waals surface area contributed by atoms with Crippen molar-refractivity contribution >= 4 is 64.3 Å². The van der Waals surface area contributed by atoms with Gasteiger partial charge in [0.15, 0.2) is 0 Å². The molecule has 0 saturated heterocycles. The summed E-state index contributed by atoms with van der Waals surface area (Å²) >= 11 is 23.1. The fourth-order valence-corrected chi connectivity index (χ4v) is 3.81. The minimum absolute atomic E-state index is 0.000990. The van der Waals surface area contributed by atoms with Gasteiger partial charge in [0.05, 0.1) is 26.7 Å². The molecule has 0 atom stereocenters. The number of halogens is 4. The van der Waals surface area contributed by atoms with Crippen molar-refractivity contribution in [1.82, 2.24) is 0 Å². The van der Waals surface area contributed by atoms with Crippen LogP contribution in [0.25, 0.3) is 0 Å². The van der Waals surface area contributed by atoms with Gasteiger partial charge in [-0.1, -0.05) is 85.4 Å². The molecule has 0 heterocycles. The maximum atomic E-state index is 11.8. The van der Waals surface area contributed by atoms with Gasteiger partial charge in [0, 0.05) is 10.0 Å². The number of carbonyl (C=O) groups excluding carboxylic acids is 3. The Balaban J connectivity index is 0.000000281. The van der Waals surface area contributed by atoms with E-state index in [1.165, 1.54) is 36.4 Å². The van der Waals surface area contributed by atoms with Gasteiger partial charge >= 0.3 is 17.9 Å². The van der Waals surface area contributed by atoms with Gasteiger partial charge in [0.25, 0.3) is 0 Å². The maximum absolute atomic E-state index is 11.8. The summed E-state index contributed by atoms with van der Waals surface area (Å²) < 4.78 is 0.